The largest absolute Gasteiger partial charge is 0.345 e. The minimum atomic E-state index is -0.600. The quantitative estimate of drug-likeness (QED) is 0.693. The first-order chi connectivity index (χ1) is 9.99. The van der Waals surface area contributed by atoms with E-state index in [4.69, 9.17) is 0 Å². The summed E-state index contributed by atoms with van der Waals surface area (Å²) < 4.78 is 12.9. The van der Waals surface area contributed by atoms with Gasteiger partial charge in [0.25, 0.3) is 11.6 Å². The van der Waals surface area contributed by atoms with Crippen LogP contribution in [0.3, 0.4) is 0 Å². The predicted molar refractivity (Wildman–Crippen MR) is 75.4 cm³/mol. The number of carbonyl (C=O) groups excluding carboxylic acids is 1. The van der Waals surface area contributed by atoms with E-state index >= 15 is 0 Å². The van der Waals surface area contributed by atoms with Crippen molar-refractivity contribution < 1.29 is 14.1 Å². The number of nitrogens with one attached hydrogen (secondary N) is 1. The van der Waals surface area contributed by atoms with Crippen molar-refractivity contribution in [3.63, 3.8) is 0 Å². The lowest BCUT2D eigenvalue weighted by Gasteiger charge is -2.14. The van der Waals surface area contributed by atoms with Crippen LogP contribution >= 0.6 is 0 Å². The predicted octanol–water partition coefficient (Wildman–Crippen LogP) is 3.22. The van der Waals surface area contributed by atoms with Crippen LogP contribution in [0.15, 0.2) is 48.5 Å². The number of halogens is 1. The second kappa shape index (κ2) is 6.13. The zero-order chi connectivity index (χ0) is 15.4. The molecule has 0 saturated heterocycles. The standard InChI is InChI=1S/C15H13FN2O3/c1-10(11-6-8-12(16)9-7-11)17-15(19)13-4-2-3-5-14(13)18(20)21/h2-10H,1H3,(H,17,19). The molecule has 0 radical (unpaired) electrons. The molecule has 2 aromatic carbocycles. The lowest BCUT2D eigenvalue weighted by Crippen LogP contribution is -2.27. The Morgan fingerprint density at radius 2 is 1.81 bits per heavy atom. The van der Waals surface area contributed by atoms with Crippen LogP contribution in [0.4, 0.5) is 10.1 Å². The zero-order valence-corrected chi connectivity index (χ0v) is 11.2. The van der Waals surface area contributed by atoms with Crippen LogP contribution < -0.4 is 5.32 Å². The normalized spacial score (nSPS) is 11.7. The van der Waals surface area contributed by atoms with Gasteiger partial charge in [-0.1, -0.05) is 24.3 Å². The van der Waals surface area contributed by atoms with E-state index in [1.807, 2.05) is 0 Å². The molecule has 0 aliphatic carbocycles. The third-order valence-corrected chi connectivity index (χ3v) is 3.06. The van der Waals surface area contributed by atoms with Crippen LogP contribution in [0, 0.1) is 15.9 Å². The maximum absolute atomic E-state index is 12.9. The number of benzene rings is 2. The van der Waals surface area contributed by atoms with E-state index in [1.165, 1.54) is 30.3 Å². The average Bonchev–Trinajstić information content (AvgIpc) is 2.47. The monoisotopic (exact) mass is 288 g/mol. The van der Waals surface area contributed by atoms with Crippen molar-refractivity contribution in [3.8, 4) is 0 Å². The minimum Gasteiger partial charge on any atom is -0.345 e. The van der Waals surface area contributed by atoms with Crippen LogP contribution in [-0.2, 0) is 0 Å². The summed E-state index contributed by atoms with van der Waals surface area (Å²) in [5, 5.41) is 13.6. The fourth-order valence-corrected chi connectivity index (χ4v) is 1.93. The fraction of sp³-hybridized carbons (Fsp3) is 0.133. The number of carbonyl (C=O) groups is 1. The van der Waals surface area contributed by atoms with Gasteiger partial charge >= 0.3 is 0 Å². The summed E-state index contributed by atoms with van der Waals surface area (Å²) in [7, 11) is 0. The molecule has 21 heavy (non-hydrogen) atoms. The maximum Gasteiger partial charge on any atom is 0.282 e. The van der Waals surface area contributed by atoms with Crippen molar-refractivity contribution in [2.45, 2.75) is 13.0 Å². The van der Waals surface area contributed by atoms with Gasteiger partial charge in [0.1, 0.15) is 11.4 Å². The molecule has 1 unspecified atom stereocenters. The molecule has 0 bridgehead atoms. The van der Waals surface area contributed by atoms with E-state index in [9.17, 15) is 19.3 Å². The SMILES string of the molecule is CC(NC(=O)c1ccccc1[N+](=O)[O-])c1ccc(F)cc1. The lowest BCUT2D eigenvalue weighted by atomic mass is 10.1. The van der Waals surface area contributed by atoms with Crippen LogP contribution in [0.1, 0.15) is 28.9 Å². The number of hydrogen-bond acceptors (Lipinski definition) is 3. The lowest BCUT2D eigenvalue weighted by molar-refractivity contribution is -0.385. The zero-order valence-electron chi connectivity index (χ0n) is 11.2. The molecule has 0 fully saturated rings. The molecule has 0 spiro atoms. The highest BCUT2D eigenvalue weighted by molar-refractivity contribution is 5.98. The number of nitro benzene ring substituents is 1. The summed E-state index contributed by atoms with van der Waals surface area (Å²) in [4.78, 5) is 22.4. The van der Waals surface area contributed by atoms with Crippen LogP contribution in [0.2, 0.25) is 0 Å². The molecule has 0 aromatic heterocycles. The Kier molecular flexibility index (Phi) is 4.27. The third kappa shape index (κ3) is 3.42. The Hall–Kier alpha value is -2.76. The molecule has 0 heterocycles. The fourth-order valence-electron chi connectivity index (χ4n) is 1.93. The molecule has 0 aliphatic heterocycles. The van der Waals surface area contributed by atoms with E-state index < -0.39 is 16.9 Å². The van der Waals surface area contributed by atoms with E-state index in [1.54, 1.807) is 25.1 Å². The summed E-state index contributed by atoms with van der Waals surface area (Å²) >= 11 is 0. The van der Waals surface area contributed by atoms with Gasteiger partial charge in [-0.05, 0) is 30.7 Å². The van der Waals surface area contributed by atoms with Gasteiger partial charge in [0.05, 0.1) is 11.0 Å². The summed E-state index contributed by atoms with van der Waals surface area (Å²) in [5.41, 5.74) is 0.459. The van der Waals surface area contributed by atoms with Crippen molar-refractivity contribution in [1.82, 2.24) is 5.32 Å². The van der Waals surface area contributed by atoms with E-state index in [0.29, 0.717) is 5.56 Å². The highest BCUT2D eigenvalue weighted by Gasteiger charge is 2.20. The van der Waals surface area contributed by atoms with Crippen molar-refractivity contribution in [2.24, 2.45) is 0 Å². The number of para-hydroxylation sites is 1. The van der Waals surface area contributed by atoms with E-state index in [-0.39, 0.29) is 17.1 Å². The maximum atomic E-state index is 12.9. The van der Waals surface area contributed by atoms with Gasteiger partial charge in [-0.25, -0.2) is 4.39 Å². The topological polar surface area (TPSA) is 72.2 Å². The molecule has 0 saturated carbocycles. The first kappa shape index (κ1) is 14.6. The molecule has 1 atom stereocenters. The first-order valence-corrected chi connectivity index (χ1v) is 6.29. The highest BCUT2D eigenvalue weighted by atomic mass is 19.1. The number of rotatable bonds is 4. The van der Waals surface area contributed by atoms with E-state index in [0.717, 1.165) is 0 Å². The Labute approximate surface area is 120 Å². The Morgan fingerprint density at radius 1 is 1.19 bits per heavy atom. The molecule has 2 aromatic rings. The average molecular weight is 288 g/mol. The van der Waals surface area contributed by atoms with Crippen molar-refractivity contribution in [2.75, 3.05) is 0 Å². The van der Waals surface area contributed by atoms with Gasteiger partial charge in [0.15, 0.2) is 0 Å². The molecule has 0 aliphatic rings. The second-order valence-corrected chi connectivity index (χ2v) is 4.52. The summed E-state index contributed by atoms with van der Waals surface area (Å²) in [6.07, 6.45) is 0. The van der Waals surface area contributed by atoms with Gasteiger partial charge in [-0.3, -0.25) is 14.9 Å². The first-order valence-electron chi connectivity index (χ1n) is 6.29. The van der Waals surface area contributed by atoms with Gasteiger partial charge in [-0.2, -0.15) is 0 Å². The summed E-state index contributed by atoms with van der Waals surface area (Å²) in [6, 6.07) is 11.0. The van der Waals surface area contributed by atoms with Crippen molar-refractivity contribution in [1.29, 1.82) is 0 Å². The van der Waals surface area contributed by atoms with Crippen LogP contribution in [0.25, 0.3) is 0 Å². The molecule has 5 nitrogen and oxygen atoms in total. The molecule has 2 rings (SSSR count). The second-order valence-electron chi connectivity index (χ2n) is 4.52. The van der Waals surface area contributed by atoms with E-state index in [2.05, 4.69) is 5.32 Å². The van der Waals surface area contributed by atoms with Crippen LogP contribution in [0.5, 0.6) is 0 Å². The Morgan fingerprint density at radius 3 is 2.43 bits per heavy atom. The molecule has 1 amide bonds. The summed E-state index contributed by atoms with van der Waals surface area (Å²) in [5.74, 6) is -0.907. The number of hydrogen-bond donors (Lipinski definition) is 1. The molecular formula is C15H13FN2O3. The summed E-state index contributed by atoms with van der Waals surface area (Å²) in [6.45, 7) is 1.72. The van der Waals surface area contributed by atoms with Gasteiger partial charge < -0.3 is 5.32 Å². The van der Waals surface area contributed by atoms with Crippen LogP contribution in [-0.4, -0.2) is 10.8 Å². The van der Waals surface area contributed by atoms with Crippen molar-refractivity contribution >= 4 is 11.6 Å². The van der Waals surface area contributed by atoms with Gasteiger partial charge in [0, 0.05) is 6.07 Å². The van der Waals surface area contributed by atoms with Crippen molar-refractivity contribution in [3.05, 3.63) is 75.6 Å². The number of amides is 1. The number of nitrogens with zero attached hydrogens (tertiary/aromatic N) is 1. The Bertz CT molecular complexity index is 671. The molecular weight excluding hydrogens is 275 g/mol. The molecule has 108 valence electrons. The Balaban J connectivity index is 2.18. The molecule has 6 heteroatoms. The third-order valence-electron chi connectivity index (χ3n) is 3.06. The minimum absolute atomic E-state index is 0.00328. The smallest absolute Gasteiger partial charge is 0.282 e. The molecule has 1 N–H and O–H groups in total. The number of nitro groups is 1. The van der Waals surface area contributed by atoms with Gasteiger partial charge in [-0.15, -0.1) is 0 Å². The van der Waals surface area contributed by atoms with Gasteiger partial charge in [0.2, 0.25) is 0 Å². The highest BCUT2D eigenvalue weighted by Crippen LogP contribution is 2.19.